The fourth-order valence-electron chi connectivity index (χ4n) is 4.90. The molecule has 4 aromatic rings. The monoisotopic (exact) mass is 541 g/mol. The van der Waals surface area contributed by atoms with Gasteiger partial charge in [0.25, 0.3) is 11.6 Å². The Morgan fingerprint density at radius 2 is 1.74 bits per heavy atom. The number of nitro benzene ring substituents is 1. The Morgan fingerprint density at radius 3 is 2.51 bits per heavy atom. The Kier molecular flexibility index (Phi) is 7.74. The van der Waals surface area contributed by atoms with Gasteiger partial charge in [-0.2, -0.15) is 0 Å². The van der Waals surface area contributed by atoms with Crippen LogP contribution in [-0.4, -0.2) is 17.0 Å². The number of aryl methyl sites for hydroxylation is 4. The molecule has 1 amide bonds. The van der Waals surface area contributed by atoms with Crippen molar-refractivity contribution in [2.75, 3.05) is 5.32 Å². The second-order valence-corrected chi connectivity index (χ2v) is 11.2. The van der Waals surface area contributed by atoms with Crippen LogP contribution in [0, 0.1) is 30.9 Å². The molecular weight excluding hydrogens is 510 g/mol. The standard InChI is InChI=1S/C31H31N3O4S/c1-19-11-13-23(16-21(19)3)33-30(35)29-25-8-6-4-5-7-9-28(25)39-31(29)32-18-24-14-15-27(38-24)22-12-10-20(2)26(17-22)34(36)37/h10-18H,4-9H2,1-3H3,(H,33,35). The van der Waals surface area contributed by atoms with Gasteiger partial charge in [0.2, 0.25) is 0 Å². The SMILES string of the molecule is Cc1ccc(NC(=O)c2c(N=Cc3ccc(-c4ccc(C)c([N+](=O)[O-])c4)o3)sc3c2CCCCCC3)cc1C. The topological polar surface area (TPSA) is 97.7 Å². The second-order valence-electron chi connectivity index (χ2n) is 10.1. The lowest BCUT2D eigenvalue weighted by Crippen LogP contribution is -2.14. The maximum Gasteiger partial charge on any atom is 0.273 e. The van der Waals surface area contributed by atoms with E-state index in [1.54, 1.807) is 48.7 Å². The zero-order valence-corrected chi connectivity index (χ0v) is 23.2. The molecule has 8 heteroatoms. The fraction of sp³-hybridized carbons (Fsp3) is 0.290. The lowest BCUT2D eigenvalue weighted by Gasteiger charge is -2.12. The number of nitrogens with one attached hydrogen (secondary N) is 1. The van der Waals surface area contributed by atoms with Crippen molar-refractivity contribution in [3.05, 3.63) is 97.1 Å². The van der Waals surface area contributed by atoms with Crippen LogP contribution in [0.25, 0.3) is 11.3 Å². The van der Waals surface area contributed by atoms with Gasteiger partial charge < -0.3 is 9.73 Å². The Hall–Kier alpha value is -4.04. The minimum atomic E-state index is -0.391. The maximum absolute atomic E-state index is 13.6. The number of anilines is 1. The fourth-order valence-corrected chi connectivity index (χ4v) is 6.13. The molecule has 0 radical (unpaired) electrons. The molecule has 0 atom stereocenters. The van der Waals surface area contributed by atoms with Crippen LogP contribution < -0.4 is 5.32 Å². The molecule has 0 aliphatic heterocycles. The summed E-state index contributed by atoms with van der Waals surface area (Å²) in [6.07, 6.45) is 7.98. The maximum atomic E-state index is 13.6. The number of carbonyl (C=O) groups is 1. The highest BCUT2D eigenvalue weighted by Gasteiger charge is 2.24. The molecule has 7 nitrogen and oxygen atoms in total. The van der Waals surface area contributed by atoms with Gasteiger partial charge in [0.1, 0.15) is 16.5 Å². The number of rotatable bonds is 6. The summed E-state index contributed by atoms with van der Waals surface area (Å²) in [5, 5.41) is 15.1. The molecule has 1 aliphatic rings. The number of aliphatic imine (C=N–C) groups is 1. The molecule has 2 aromatic carbocycles. The van der Waals surface area contributed by atoms with Crippen LogP contribution in [0.3, 0.4) is 0 Å². The van der Waals surface area contributed by atoms with Crippen molar-refractivity contribution in [1.82, 2.24) is 0 Å². The predicted molar refractivity (Wildman–Crippen MR) is 157 cm³/mol. The van der Waals surface area contributed by atoms with Gasteiger partial charge in [-0.05, 0) is 87.4 Å². The van der Waals surface area contributed by atoms with Crippen LogP contribution in [0.15, 0.2) is 57.9 Å². The summed E-state index contributed by atoms with van der Waals surface area (Å²) in [6.45, 7) is 5.79. The predicted octanol–water partition coefficient (Wildman–Crippen LogP) is 8.50. The first-order chi connectivity index (χ1) is 18.8. The molecule has 2 aromatic heterocycles. The largest absolute Gasteiger partial charge is 0.455 e. The first-order valence-corrected chi connectivity index (χ1v) is 14.0. The van der Waals surface area contributed by atoms with E-state index in [4.69, 9.17) is 9.41 Å². The Balaban J connectivity index is 1.46. The minimum Gasteiger partial charge on any atom is -0.455 e. The molecular formula is C31H31N3O4S. The van der Waals surface area contributed by atoms with E-state index in [1.807, 2.05) is 25.1 Å². The third-order valence-electron chi connectivity index (χ3n) is 7.27. The Bertz CT molecular complexity index is 1580. The molecule has 200 valence electrons. The normalized spacial score (nSPS) is 13.6. The van der Waals surface area contributed by atoms with E-state index in [2.05, 4.69) is 12.2 Å². The van der Waals surface area contributed by atoms with Gasteiger partial charge in [0, 0.05) is 27.8 Å². The summed E-state index contributed by atoms with van der Waals surface area (Å²) in [5.74, 6) is 0.885. The molecule has 0 spiro atoms. The number of amides is 1. The molecule has 0 unspecified atom stereocenters. The summed E-state index contributed by atoms with van der Waals surface area (Å²) < 4.78 is 5.96. The van der Waals surface area contributed by atoms with Gasteiger partial charge >= 0.3 is 0 Å². The van der Waals surface area contributed by atoms with Crippen molar-refractivity contribution >= 4 is 39.8 Å². The highest BCUT2D eigenvalue weighted by Crippen LogP contribution is 2.39. The van der Waals surface area contributed by atoms with Crippen LogP contribution >= 0.6 is 11.3 Å². The number of hydrogen-bond donors (Lipinski definition) is 1. The molecule has 0 saturated heterocycles. The average molecular weight is 542 g/mol. The molecule has 2 heterocycles. The number of furan rings is 1. The summed E-state index contributed by atoms with van der Waals surface area (Å²) in [6, 6.07) is 14.5. The van der Waals surface area contributed by atoms with E-state index in [9.17, 15) is 14.9 Å². The molecule has 5 rings (SSSR count). The average Bonchev–Trinajstić information content (AvgIpc) is 3.49. The zero-order valence-electron chi connectivity index (χ0n) is 22.4. The van der Waals surface area contributed by atoms with E-state index >= 15 is 0 Å². The first-order valence-electron chi connectivity index (χ1n) is 13.2. The molecule has 1 N–H and O–H groups in total. The van der Waals surface area contributed by atoms with E-state index in [1.165, 1.54) is 29.3 Å². The number of hydrogen-bond acceptors (Lipinski definition) is 6. The molecule has 39 heavy (non-hydrogen) atoms. The first kappa shape index (κ1) is 26.6. The quantitative estimate of drug-likeness (QED) is 0.150. The molecule has 0 fully saturated rings. The van der Waals surface area contributed by atoms with Crippen molar-refractivity contribution in [3.8, 4) is 11.3 Å². The number of carbonyl (C=O) groups excluding carboxylic acids is 1. The molecule has 0 saturated carbocycles. The van der Waals surface area contributed by atoms with E-state index in [-0.39, 0.29) is 11.6 Å². The Labute approximate surface area is 231 Å². The third kappa shape index (κ3) is 5.86. The van der Waals surface area contributed by atoms with Crippen molar-refractivity contribution in [3.63, 3.8) is 0 Å². The zero-order chi connectivity index (χ0) is 27.5. The van der Waals surface area contributed by atoms with Gasteiger partial charge in [0.15, 0.2) is 0 Å². The third-order valence-corrected chi connectivity index (χ3v) is 8.47. The summed E-state index contributed by atoms with van der Waals surface area (Å²) in [5.41, 5.74) is 6.10. The van der Waals surface area contributed by atoms with Gasteiger partial charge in [-0.25, -0.2) is 4.99 Å². The van der Waals surface area contributed by atoms with Gasteiger partial charge in [-0.1, -0.05) is 31.0 Å². The van der Waals surface area contributed by atoms with Crippen molar-refractivity contribution < 1.29 is 14.1 Å². The lowest BCUT2D eigenvalue weighted by molar-refractivity contribution is -0.385. The van der Waals surface area contributed by atoms with E-state index < -0.39 is 4.92 Å². The number of benzene rings is 2. The van der Waals surface area contributed by atoms with Gasteiger partial charge in [-0.3, -0.25) is 14.9 Å². The second kappa shape index (κ2) is 11.4. The number of nitrogens with zero attached hydrogens (tertiary/aromatic N) is 2. The van der Waals surface area contributed by atoms with E-state index in [0.717, 1.165) is 42.5 Å². The number of nitro groups is 1. The summed E-state index contributed by atoms with van der Waals surface area (Å²) in [7, 11) is 0. The van der Waals surface area contributed by atoms with Crippen LogP contribution in [-0.2, 0) is 12.8 Å². The molecule has 1 aliphatic carbocycles. The lowest BCUT2D eigenvalue weighted by atomic mass is 9.96. The summed E-state index contributed by atoms with van der Waals surface area (Å²) in [4.78, 5) is 30.6. The number of thiophene rings is 1. The van der Waals surface area contributed by atoms with Gasteiger partial charge in [-0.15, -0.1) is 11.3 Å². The van der Waals surface area contributed by atoms with Gasteiger partial charge in [0.05, 0.1) is 16.7 Å². The summed E-state index contributed by atoms with van der Waals surface area (Å²) >= 11 is 1.58. The number of fused-ring (bicyclic) bond motifs is 1. The van der Waals surface area contributed by atoms with E-state index in [0.29, 0.717) is 33.2 Å². The van der Waals surface area contributed by atoms with Crippen molar-refractivity contribution in [2.45, 2.75) is 59.3 Å². The van der Waals surface area contributed by atoms with Crippen LogP contribution in [0.1, 0.15) is 68.9 Å². The van der Waals surface area contributed by atoms with Crippen LogP contribution in [0.2, 0.25) is 0 Å². The highest BCUT2D eigenvalue weighted by molar-refractivity contribution is 7.16. The van der Waals surface area contributed by atoms with Crippen LogP contribution in [0.5, 0.6) is 0 Å². The van der Waals surface area contributed by atoms with Crippen molar-refractivity contribution in [2.24, 2.45) is 4.99 Å². The smallest absolute Gasteiger partial charge is 0.273 e. The minimum absolute atomic E-state index is 0.0505. The Morgan fingerprint density at radius 1 is 0.974 bits per heavy atom. The van der Waals surface area contributed by atoms with Crippen LogP contribution in [0.4, 0.5) is 16.4 Å². The van der Waals surface area contributed by atoms with Crippen molar-refractivity contribution in [1.29, 1.82) is 0 Å². The molecule has 0 bridgehead atoms. The highest BCUT2D eigenvalue weighted by atomic mass is 32.1.